The van der Waals surface area contributed by atoms with E-state index < -0.39 is 0 Å². The van der Waals surface area contributed by atoms with Crippen LogP contribution in [-0.2, 0) is 16.6 Å². The van der Waals surface area contributed by atoms with Crippen LogP contribution in [0.25, 0.3) is 0 Å². The van der Waals surface area contributed by atoms with Gasteiger partial charge in [0.05, 0.1) is 5.54 Å². The number of carbonyl (C=O) groups is 1. The molecule has 2 aliphatic rings. The third-order valence-electron chi connectivity index (χ3n) is 5.62. The third-order valence-corrected chi connectivity index (χ3v) is 5.62. The SMILES string of the molecule is CN1CCN(C(=O)CCc2nc(C(C)(C)C)no2)C2(CCCCC2)C1. The maximum absolute atomic E-state index is 13.0. The standard InChI is InChI=1S/C19H32N4O2/c1-18(2,3)17-20-15(25-21-17)8-9-16(24)23-13-12-22(4)14-19(23)10-6-5-7-11-19/h5-14H2,1-4H3. The zero-order valence-corrected chi connectivity index (χ0v) is 16.2. The summed E-state index contributed by atoms with van der Waals surface area (Å²) in [6.07, 6.45) is 7.02. The summed E-state index contributed by atoms with van der Waals surface area (Å²) in [6.45, 7) is 8.99. The second-order valence-corrected chi connectivity index (χ2v) is 8.83. The van der Waals surface area contributed by atoms with Crippen molar-refractivity contribution < 1.29 is 9.32 Å². The van der Waals surface area contributed by atoms with Crippen LogP contribution in [0.15, 0.2) is 4.52 Å². The van der Waals surface area contributed by atoms with Crippen molar-refractivity contribution in [1.29, 1.82) is 0 Å². The Morgan fingerprint density at radius 3 is 2.56 bits per heavy atom. The van der Waals surface area contributed by atoms with Gasteiger partial charge in [-0.3, -0.25) is 4.79 Å². The van der Waals surface area contributed by atoms with E-state index in [4.69, 9.17) is 4.52 Å². The molecule has 0 aromatic carbocycles. The Morgan fingerprint density at radius 1 is 1.20 bits per heavy atom. The minimum Gasteiger partial charge on any atom is -0.339 e. The van der Waals surface area contributed by atoms with Crippen LogP contribution in [0, 0.1) is 0 Å². The molecule has 0 atom stereocenters. The first-order valence-corrected chi connectivity index (χ1v) is 9.62. The van der Waals surface area contributed by atoms with E-state index in [0.717, 1.165) is 32.5 Å². The molecule has 1 aromatic heterocycles. The number of aryl methyl sites for hydroxylation is 1. The molecule has 0 N–H and O–H groups in total. The molecule has 0 radical (unpaired) electrons. The number of aromatic nitrogens is 2. The van der Waals surface area contributed by atoms with E-state index >= 15 is 0 Å². The summed E-state index contributed by atoms with van der Waals surface area (Å²) < 4.78 is 5.34. The average Bonchev–Trinajstić information content (AvgIpc) is 3.02. The van der Waals surface area contributed by atoms with Crippen LogP contribution in [0.5, 0.6) is 0 Å². The highest BCUT2D eigenvalue weighted by Gasteiger charge is 2.43. The van der Waals surface area contributed by atoms with E-state index in [9.17, 15) is 4.79 Å². The summed E-state index contributed by atoms with van der Waals surface area (Å²) in [6, 6.07) is 0. The fourth-order valence-electron chi connectivity index (χ4n) is 4.21. The molecule has 1 aromatic rings. The van der Waals surface area contributed by atoms with Gasteiger partial charge in [-0.2, -0.15) is 4.98 Å². The Kier molecular flexibility index (Phi) is 5.19. The quantitative estimate of drug-likeness (QED) is 0.840. The molecule has 0 bridgehead atoms. The number of rotatable bonds is 3. The minimum atomic E-state index is -0.130. The second kappa shape index (κ2) is 7.06. The smallest absolute Gasteiger partial charge is 0.227 e. The van der Waals surface area contributed by atoms with Crippen LogP contribution >= 0.6 is 0 Å². The largest absolute Gasteiger partial charge is 0.339 e. The van der Waals surface area contributed by atoms with Crippen molar-refractivity contribution in [2.24, 2.45) is 0 Å². The van der Waals surface area contributed by atoms with Gasteiger partial charge in [-0.25, -0.2) is 0 Å². The summed E-state index contributed by atoms with van der Waals surface area (Å²) in [5.41, 5.74) is -0.0802. The molecule has 1 aliphatic heterocycles. The molecule has 6 nitrogen and oxygen atoms in total. The van der Waals surface area contributed by atoms with Gasteiger partial charge in [0.1, 0.15) is 0 Å². The van der Waals surface area contributed by atoms with Crippen LogP contribution < -0.4 is 0 Å². The minimum absolute atomic E-state index is 0.0494. The number of likely N-dealkylation sites (N-methyl/N-ethyl adjacent to an activating group) is 1. The number of hydrogen-bond acceptors (Lipinski definition) is 5. The van der Waals surface area contributed by atoms with Crippen LogP contribution in [0.3, 0.4) is 0 Å². The Hall–Kier alpha value is -1.43. The van der Waals surface area contributed by atoms with Gasteiger partial charge in [0.25, 0.3) is 0 Å². The molecular weight excluding hydrogens is 316 g/mol. The van der Waals surface area contributed by atoms with Crippen molar-refractivity contribution in [3.63, 3.8) is 0 Å². The first-order chi connectivity index (χ1) is 11.8. The number of hydrogen-bond donors (Lipinski definition) is 0. The normalized spacial score (nSPS) is 21.7. The summed E-state index contributed by atoms with van der Waals surface area (Å²) >= 11 is 0. The molecule has 1 spiro atoms. The first kappa shape index (κ1) is 18.4. The lowest BCUT2D eigenvalue weighted by Crippen LogP contribution is -2.63. The highest BCUT2D eigenvalue weighted by molar-refractivity contribution is 5.77. The van der Waals surface area contributed by atoms with Gasteiger partial charge in [-0.15, -0.1) is 0 Å². The molecule has 3 rings (SSSR count). The van der Waals surface area contributed by atoms with Crippen LogP contribution in [0.4, 0.5) is 0 Å². The highest BCUT2D eigenvalue weighted by atomic mass is 16.5. The lowest BCUT2D eigenvalue weighted by Gasteiger charge is -2.52. The second-order valence-electron chi connectivity index (χ2n) is 8.83. The summed E-state index contributed by atoms with van der Waals surface area (Å²) in [7, 11) is 2.17. The number of nitrogens with zero attached hydrogens (tertiary/aromatic N) is 4. The van der Waals surface area contributed by atoms with Crippen molar-refractivity contribution in [2.45, 2.75) is 76.7 Å². The van der Waals surface area contributed by atoms with Crippen molar-refractivity contribution in [3.8, 4) is 0 Å². The van der Waals surface area contributed by atoms with Crippen LogP contribution in [-0.4, -0.2) is 58.1 Å². The van der Waals surface area contributed by atoms with Gasteiger partial charge in [-0.1, -0.05) is 45.2 Å². The number of carbonyl (C=O) groups excluding carboxylic acids is 1. The first-order valence-electron chi connectivity index (χ1n) is 9.62. The predicted molar refractivity (Wildman–Crippen MR) is 96.3 cm³/mol. The van der Waals surface area contributed by atoms with Crippen molar-refractivity contribution in [2.75, 3.05) is 26.7 Å². The van der Waals surface area contributed by atoms with E-state index in [0.29, 0.717) is 24.6 Å². The average molecular weight is 348 g/mol. The Balaban J connectivity index is 1.64. The maximum atomic E-state index is 13.0. The maximum Gasteiger partial charge on any atom is 0.227 e. The van der Waals surface area contributed by atoms with Gasteiger partial charge in [0.15, 0.2) is 5.82 Å². The molecule has 2 fully saturated rings. The number of amides is 1. The monoisotopic (exact) mass is 348 g/mol. The molecule has 0 unspecified atom stereocenters. The Labute approximate surface area is 150 Å². The van der Waals surface area contributed by atoms with Gasteiger partial charge >= 0.3 is 0 Å². The predicted octanol–water partition coefficient (Wildman–Crippen LogP) is 2.78. The Morgan fingerprint density at radius 2 is 1.92 bits per heavy atom. The van der Waals surface area contributed by atoms with Crippen molar-refractivity contribution in [3.05, 3.63) is 11.7 Å². The zero-order valence-electron chi connectivity index (χ0n) is 16.2. The molecule has 140 valence electrons. The molecular formula is C19H32N4O2. The summed E-state index contributed by atoms with van der Waals surface area (Å²) in [4.78, 5) is 22.0. The fraction of sp³-hybridized carbons (Fsp3) is 0.842. The summed E-state index contributed by atoms with van der Waals surface area (Å²) in [5.74, 6) is 1.52. The van der Waals surface area contributed by atoms with Gasteiger partial charge in [0, 0.05) is 37.9 Å². The summed E-state index contributed by atoms with van der Waals surface area (Å²) in [5, 5.41) is 4.05. The van der Waals surface area contributed by atoms with Crippen LogP contribution in [0.1, 0.15) is 71.0 Å². The van der Waals surface area contributed by atoms with Gasteiger partial charge in [0.2, 0.25) is 11.8 Å². The van der Waals surface area contributed by atoms with Crippen molar-refractivity contribution in [1.82, 2.24) is 19.9 Å². The molecule has 1 amide bonds. The lowest BCUT2D eigenvalue weighted by atomic mass is 9.78. The topological polar surface area (TPSA) is 62.5 Å². The van der Waals surface area contributed by atoms with Crippen LogP contribution in [0.2, 0.25) is 0 Å². The van der Waals surface area contributed by atoms with E-state index in [2.05, 4.69) is 47.8 Å². The van der Waals surface area contributed by atoms with E-state index in [1.54, 1.807) is 0 Å². The molecule has 1 aliphatic carbocycles. The fourth-order valence-corrected chi connectivity index (χ4v) is 4.21. The molecule has 6 heteroatoms. The third kappa shape index (κ3) is 4.05. The van der Waals surface area contributed by atoms with E-state index in [-0.39, 0.29) is 16.9 Å². The molecule has 1 saturated heterocycles. The van der Waals surface area contributed by atoms with E-state index in [1.165, 1.54) is 19.3 Å². The van der Waals surface area contributed by atoms with Crippen molar-refractivity contribution >= 4 is 5.91 Å². The number of piperazine rings is 1. The lowest BCUT2D eigenvalue weighted by molar-refractivity contribution is -0.144. The van der Waals surface area contributed by atoms with Gasteiger partial charge < -0.3 is 14.3 Å². The Bertz CT molecular complexity index is 599. The molecule has 25 heavy (non-hydrogen) atoms. The van der Waals surface area contributed by atoms with E-state index in [1.807, 2.05) is 0 Å². The molecule has 2 heterocycles. The van der Waals surface area contributed by atoms with Gasteiger partial charge in [-0.05, 0) is 19.9 Å². The zero-order chi connectivity index (χ0) is 18.1. The highest BCUT2D eigenvalue weighted by Crippen LogP contribution is 2.36. The molecule has 1 saturated carbocycles.